The van der Waals surface area contributed by atoms with Crippen molar-refractivity contribution in [2.45, 2.75) is 6.42 Å². The lowest BCUT2D eigenvalue weighted by Crippen LogP contribution is -2.28. The first-order valence-corrected chi connectivity index (χ1v) is 7.61. The fourth-order valence-electron chi connectivity index (χ4n) is 2.26. The molecule has 6 heteroatoms. The number of hydrogen-bond donors (Lipinski definition) is 1. The second-order valence-corrected chi connectivity index (χ2v) is 5.63. The van der Waals surface area contributed by atoms with Gasteiger partial charge in [0.15, 0.2) is 5.76 Å². The lowest BCUT2D eigenvalue weighted by molar-refractivity contribution is 0.0766. The third-order valence-electron chi connectivity index (χ3n) is 3.59. The zero-order valence-electron chi connectivity index (χ0n) is 12.6. The molecule has 2 heterocycles. The molecule has 1 aromatic carbocycles. The van der Waals surface area contributed by atoms with Crippen LogP contribution in [-0.2, 0) is 6.42 Å². The minimum absolute atomic E-state index is 0.160. The Hall–Kier alpha value is -2.53. The smallest absolute Gasteiger partial charge is 0.289 e. The summed E-state index contributed by atoms with van der Waals surface area (Å²) in [6.07, 6.45) is 4.30. The van der Waals surface area contributed by atoms with Gasteiger partial charge in [-0.05, 0) is 36.2 Å². The molecule has 1 N–H and O–H groups in total. The van der Waals surface area contributed by atoms with Crippen LogP contribution in [0.4, 0.5) is 0 Å². The minimum atomic E-state index is -0.160. The summed E-state index contributed by atoms with van der Waals surface area (Å²) in [7, 11) is 1.75. The highest BCUT2D eigenvalue weighted by molar-refractivity contribution is 6.33. The Labute approximate surface area is 138 Å². The Balaban J connectivity index is 1.69. The van der Waals surface area contributed by atoms with Crippen molar-refractivity contribution in [3.63, 3.8) is 0 Å². The first kappa shape index (κ1) is 15.4. The molecule has 0 fully saturated rings. The first-order chi connectivity index (χ1) is 11.1. The number of halogens is 1. The molecule has 0 unspecified atom stereocenters. The van der Waals surface area contributed by atoms with Crippen molar-refractivity contribution in [2.75, 3.05) is 13.6 Å². The Morgan fingerprint density at radius 2 is 2.13 bits per heavy atom. The molecule has 0 aliphatic rings. The molecule has 5 nitrogen and oxygen atoms in total. The van der Waals surface area contributed by atoms with Gasteiger partial charge in [0.05, 0.1) is 11.2 Å². The van der Waals surface area contributed by atoms with Crippen LogP contribution in [0.25, 0.3) is 11.3 Å². The lowest BCUT2D eigenvalue weighted by atomic mass is 10.2. The second-order valence-electron chi connectivity index (χ2n) is 5.23. The van der Waals surface area contributed by atoms with Crippen molar-refractivity contribution in [1.82, 2.24) is 15.1 Å². The van der Waals surface area contributed by atoms with E-state index in [-0.39, 0.29) is 5.91 Å². The number of amides is 1. The molecule has 0 saturated heterocycles. The van der Waals surface area contributed by atoms with Crippen LogP contribution in [0.1, 0.15) is 16.1 Å². The maximum Gasteiger partial charge on any atom is 0.289 e. The van der Waals surface area contributed by atoms with E-state index in [0.717, 1.165) is 17.5 Å². The Kier molecular flexibility index (Phi) is 4.48. The van der Waals surface area contributed by atoms with Crippen molar-refractivity contribution in [3.8, 4) is 11.3 Å². The highest BCUT2D eigenvalue weighted by Crippen LogP contribution is 2.29. The quantitative estimate of drug-likeness (QED) is 0.777. The molecule has 0 aliphatic carbocycles. The number of benzene rings is 1. The fourth-order valence-corrected chi connectivity index (χ4v) is 2.49. The monoisotopic (exact) mass is 329 g/mol. The van der Waals surface area contributed by atoms with E-state index in [9.17, 15) is 4.79 Å². The molecule has 2 aromatic heterocycles. The van der Waals surface area contributed by atoms with E-state index in [1.807, 2.05) is 24.4 Å². The summed E-state index contributed by atoms with van der Waals surface area (Å²) in [4.78, 5) is 14.0. The highest BCUT2D eigenvalue weighted by atomic mass is 35.5. The molecule has 3 aromatic rings. The van der Waals surface area contributed by atoms with E-state index < -0.39 is 0 Å². The van der Waals surface area contributed by atoms with Crippen LogP contribution in [-0.4, -0.2) is 34.6 Å². The average molecular weight is 330 g/mol. The summed E-state index contributed by atoms with van der Waals surface area (Å²) in [5, 5.41) is 7.24. The molecule has 1 amide bonds. The van der Waals surface area contributed by atoms with E-state index in [0.29, 0.717) is 23.1 Å². The highest BCUT2D eigenvalue weighted by Gasteiger charge is 2.17. The number of nitrogens with one attached hydrogen (secondary N) is 1. The number of hydrogen-bond acceptors (Lipinski definition) is 3. The standard InChI is InChI=1S/C17H16ClN3O2/c1-21(9-8-12-10-19-20-11-12)17(22)16-7-6-15(23-16)13-4-2-3-5-14(13)18/h2-7,10-11H,8-9H2,1H3,(H,19,20). The second kappa shape index (κ2) is 6.71. The van der Waals surface area contributed by atoms with Gasteiger partial charge in [0.2, 0.25) is 0 Å². The van der Waals surface area contributed by atoms with Crippen LogP contribution in [0.15, 0.2) is 53.2 Å². The van der Waals surface area contributed by atoms with Crippen LogP contribution in [0.5, 0.6) is 0 Å². The van der Waals surface area contributed by atoms with Crippen molar-refractivity contribution >= 4 is 17.5 Å². The molecule has 0 spiro atoms. The molecule has 0 aliphatic heterocycles. The number of aromatic nitrogens is 2. The van der Waals surface area contributed by atoms with Crippen LogP contribution < -0.4 is 0 Å². The number of carbonyl (C=O) groups excluding carboxylic acids is 1. The van der Waals surface area contributed by atoms with Gasteiger partial charge in [-0.1, -0.05) is 23.7 Å². The van der Waals surface area contributed by atoms with Crippen molar-refractivity contribution < 1.29 is 9.21 Å². The van der Waals surface area contributed by atoms with Crippen molar-refractivity contribution in [3.05, 3.63) is 65.1 Å². The number of aromatic amines is 1. The number of nitrogens with zero attached hydrogens (tertiary/aromatic N) is 2. The van der Waals surface area contributed by atoms with E-state index in [1.165, 1.54) is 0 Å². The zero-order valence-corrected chi connectivity index (χ0v) is 13.4. The van der Waals surface area contributed by atoms with Gasteiger partial charge in [-0.25, -0.2) is 0 Å². The predicted octanol–water partition coefficient (Wildman–Crippen LogP) is 3.64. The summed E-state index contributed by atoms with van der Waals surface area (Å²) in [5.74, 6) is 0.726. The Morgan fingerprint density at radius 1 is 1.30 bits per heavy atom. The Morgan fingerprint density at radius 3 is 2.87 bits per heavy atom. The molecule has 118 valence electrons. The number of H-pyrrole nitrogens is 1. The maximum atomic E-state index is 12.4. The van der Waals surface area contributed by atoms with Crippen LogP contribution in [0, 0.1) is 0 Å². The van der Waals surface area contributed by atoms with E-state index in [2.05, 4.69) is 10.2 Å². The van der Waals surface area contributed by atoms with Gasteiger partial charge in [-0.2, -0.15) is 5.10 Å². The summed E-state index contributed by atoms with van der Waals surface area (Å²) in [5.41, 5.74) is 1.83. The summed E-state index contributed by atoms with van der Waals surface area (Å²) < 4.78 is 5.68. The van der Waals surface area contributed by atoms with Crippen LogP contribution in [0.2, 0.25) is 5.02 Å². The number of likely N-dealkylation sites (N-methyl/N-ethyl adjacent to an activating group) is 1. The first-order valence-electron chi connectivity index (χ1n) is 7.23. The molecule has 0 bridgehead atoms. The third-order valence-corrected chi connectivity index (χ3v) is 3.92. The van der Waals surface area contributed by atoms with Crippen molar-refractivity contribution in [2.24, 2.45) is 0 Å². The minimum Gasteiger partial charge on any atom is -0.451 e. The molecule has 0 atom stereocenters. The van der Waals surface area contributed by atoms with Gasteiger partial charge < -0.3 is 9.32 Å². The van der Waals surface area contributed by atoms with Gasteiger partial charge in [-0.3, -0.25) is 9.89 Å². The van der Waals surface area contributed by atoms with Gasteiger partial charge >= 0.3 is 0 Å². The summed E-state index contributed by atoms with van der Waals surface area (Å²) in [6.45, 7) is 0.584. The van der Waals surface area contributed by atoms with E-state index in [1.54, 1.807) is 36.3 Å². The lowest BCUT2D eigenvalue weighted by Gasteiger charge is -2.14. The number of rotatable bonds is 5. The zero-order chi connectivity index (χ0) is 16.2. The normalized spacial score (nSPS) is 10.7. The largest absolute Gasteiger partial charge is 0.451 e. The van der Waals surface area contributed by atoms with E-state index in [4.69, 9.17) is 16.0 Å². The molecule has 3 rings (SSSR count). The summed E-state index contributed by atoms with van der Waals surface area (Å²) in [6, 6.07) is 10.8. The molecule has 0 radical (unpaired) electrons. The average Bonchev–Trinajstić information content (AvgIpc) is 3.24. The topological polar surface area (TPSA) is 62.1 Å². The summed E-state index contributed by atoms with van der Waals surface area (Å²) >= 11 is 6.15. The number of carbonyl (C=O) groups is 1. The molecular weight excluding hydrogens is 314 g/mol. The third kappa shape index (κ3) is 3.46. The SMILES string of the molecule is CN(CCc1cn[nH]c1)C(=O)c1ccc(-c2ccccc2Cl)o1. The molecular formula is C17H16ClN3O2. The van der Waals surface area contributed by atoms with E-state index >= 15 is 0 Å². The molecule has 0 saturated carbocycles. The van der Waals surface area contributed by atoms with Crippen LogP contribution >= 0.6 is 11.6 Å². The molecule has 23 heavy (non-hydrogen) atoms. The van der Waals surface area contributed by atoms with Gasteiger partial charge in [0, 0.05) is 25.4 Å². The Bertz CT molecular complexity index is 796. The van der Waals surface area contributed by atoms with Gasteiger partial charge in [-0.15, -0.1) is 0 Å². The fraction of sp³-hybridized carbons (Fsp3) is 0.176. The number of furan rings is 1. The maximum absolute atomic E-state index is 12.4. The van der Waals surface area contributed by atoms with Crippen LogP contribution in [0.3, 0.4) is 0 Å². The van der Waals surface area contributed by atoms with Gasteiger partial charge in [0.1, 0.15) is 5.76 Å². The van der Waals surface area contributed by atoms with Gasteiger partial charge in [0.25, 0.3) is 5.91 Å². The predicted molar refractivity (Wildman–Crippen MR) is 88.4 cm³/mol. The van der Waals surface area contributed by atoms with Crippen molar-refractivity contribution in [1.29, 1.82) is 0 Å².